The van der Waals surface area contributed by atoms with E-state index in [0.29, 0.717) is 12.3 Å². The Balaban J connectivity index is 0.000000640. The predicted octanol–water partition coefficient (Wildman–Crippen LogP) is 1.51. The van der Waals surface area contributed by atoms with Crippen LogP contribution in [0.15, 0.2) is 0 Å². The summed E-state index contributed by atoms with van der Waals surface area (Å²) >= 11 is 0. The van der Waals surface area contributed by atoms with E-state index in [2.05, 4.69) is 0 Å². The number of hydrogen-bond acceptors (Lipinski definition) is 1. The average Bonchev–Trinajstić information content (AvgIpc) is 2.50. The molecule has 56 valence electrons. The van der Waals surface area contributed by atoms with E-state index in [-0.39, 0.29) is 19.0 Å². The van der Waals surface area contributed by atoms with Gasteiger partial charge in [0.25, 0.3) is 0 Å². The molecule has 0 spiro atoms. The first-order valence-corrected chi connectivity index (χ1v) is 3.17. The summed E-state index contributed by atoms with van der Waals surface area (Å²) in [7, 11) is 0. The summed E-state index contributed by atoms with van der Waals surface area (Å²) in [6.07, 6.45) is 2.42. The minimum absolute atomic E-state index is 0. The van der Waals surface area contributed by atoms with Gasteiger partial charge in [-0.25, -0.2) is 4.39 Å². The van der Waals surface area contributed by atoms with Gasteiger partial charge >= 0.3 is 0 Å². The van der Waals surface area contributed by atoms with Crippen molar-refractivity contribution in [2.45, 2.75) is 25.4 Å². The fourth-order valence-electron chi connectivity index (χ4n) is 0.811. The van der Waals surface area contributed by atoms with Crippen molar-refractivity contribution < 1.29 is 4.39 Å². The molecular weight excluding hydrogens is 141 g/mol. The minimum Gasteiger partial charge on any atom is -0.328 e. The van der Waals surface area contributed by atoms with Gasteiger partial charge in [-0.15, -0.1) is 12.4 Å². The van der Waals surface area contributed by atoms with Crippen molar-refractivity contribution in [1.29, 1.82) is 0 Å². The standard InChI is InChI=1S/C6H12FN.ClH/c7-6(4-8)3-5-1-2-5;/h5-6H,1-4,8H2;1H. The lowest BCUT2D eigenvalue weighted by atomic mass is 10.2. The van der Waals surface area contributed by atoms with Crippen LogP contribution in [0.2, 0.25) is 0 Å². The van der Waals surface area contributed by atoms with E-state index in [1.54, 1.807) is 0 Å². The van der Waals surface area contributed by atoms with Crippen LogP contribution in [0.5, 0.6) is 0 Å². The third-order valence-corrected chi connectivity index (χ3v) is 1.54. The molecule has 0 heterocycles. The normalized spacial score (nSPS) is 20.7. The summed E-state index contributed by atoms with van der Waals surface area (Å²) in [5.74, 6) is 0.675. The zero-order valence-electron chi connectivity index (χ0n) is 5.35. The molecule has 0 aromatic heterocycles. The lowest BCUT2D eigenvalue weighted by Gasteiger charge is -2.00. The molecule has 1 unspecified atom stereocenters. The first-order chi connectivity index (χ1) is 3.83. The molecule has 2 N–H and O–H groups in total. The molecule has 1 rings (SSSR count). The summed E-state index contributed by atoms with van der Waals surface area (Å²) < 4.78 is 12.3. The Morgan fingerprint density at radius 2 is 2.11 bits per heavy atom. The largest absolute Gasteiger partial charge is 0.328 e. The van der Waals surface area contributed by atoms with E-state index in [1.165, 1.54) is 12.8 Å². The third kappa shape index (κ3) is 3.71. The summed E-state index contributed by atoms with van der Waals surface area (Å²) in [5.41, 5.74) is 5.07. The zero-order chi connectivity index (χ0) is 5.98. The van der Waals surface area contributed by atoms with Gasteiger partial charge in [0.05, 0.1) is 0 Å². The average molecular weight is 154 g/mol. The van der Waals surface area contributed by atoms with Gasteiger partial charge in [-0.2, -0.15) is 0 Å². The van der Waals surface area contributed by atoms with Crippen LogP contribution in [0.1, 0.15) is 19.3 Å². The van der Waals surface area contributed by atoms with E-state index in [0.717, 1.165) is 0 Å². The summed E-state index contributed by atoms with van der Waals surface area (Å²) in [6.45, 7) is 0.205. The van der Waals surface area contributed by atoms with Crippen molar-refractivity contribution in [2.75, 3.05) is 6.54 Å². The monoisotopic (exact) mass is 153 g/mol. The van der Waals surface area contributed by atoms with Crippen LogP contribution in [-0.2, 0) is 0 Å². The van der Waals surface area contributed by atoms with E-state index in [4.69, 9.17) is 5.73 Å². The van der Waals surface area contributed by atoms with Crippen molar-refractivity contribution in [3.05, 3.63) is 0 Å². The molecule has 0 aromatic rings. The van der Waals surface area contributed by atoms with Crippen molar-refractivity contribution >= 4 is 12.4 Å². The van der Waals surface area contributed by atoms with Crippen LogP contribution >= 0.6 is 12.4 Å². The first kappa shape index (κ1) is 9.18. The fourth-order valence-corrected chi connectivity index (χ4v) is 0.811. The molecule has 0 amide bonds. The SMILES string of the molecule is Cl.NCC(F)CC1CC1. The molecule has 1 atom stereocenters. The molecule has 1 aliphatic carbocycles. The van der Waals surface area contributed by atoms with Crippen molar-refractivity contribution in [3.63, 3.8) is 0 Å². The van der Waals surface area contributed by atoms with Gasteiger partial charge in [0.1, 0.15) is 6.17 Å². The third-order valence-electron chi connectivity index (χ3n) is 1.54. The second kappa shape index (κ2) is 4.07. The zero-order valence-corrected chi connectivity index (χ0v) is 6.16. The van der Waals surface area contributed by atoms with Gasteiger partial charge in [-0.3, -0.25) is 0 Å². The molecule has 3 heteroatoms. The first-order valence-electron chi connectivity index (χ1n) is 3.17. The molecule has 1 fully saturated rings. The molecule has 0 aliphatic heterocycles. The topological polar surface area (TPSA) is 26.0 Å². The number of rotatable bonds is 3. The maximum Gasteiger partial charge on any atom is 0.113 e. The molecule has 9 heavy (non-hydrogen) atoms. The second-order valence-corrected chi connectivity index (χ2v) is 2.51. The summed E-state index contributed by atoms with van der Waals surface area (Å²) in [4.78, 5) is 0. The van der Waals surface area contributed by atoms with Crippen LogP contribution in [0.25, 0.3) is 0 Å². The Kier molecular flexibility index (Phi) is 4.15. The number of nitrogens with two attached hydrogens (primary N) is 1. The van der Waals surface area contributed by atoms with E-state index in [1.807, 2.05) is 0 Å². The number of hydrogen-bond donors (Lipinski definition) is 1. The highest BCUT2D eigenvalue weighted by Gasteiger charge is 2.24. The van der Waals surface area contributed by atoms with Crippen LogP contribution in [0.3, 0.4) is 0 Å². The molecule has 0 aromatic carbocycles. The minimum atomic E-state index is -0.734. The maximum atomic E-state index is 12.3. The van der Waals surface area contributed by atoms with Gasteiger partial charge in [-0.05, 0) is 12.3 Å². The van der Waals surface area contributed by atoms with Gasteiger partial charge in [-0.1, -0.05) is 12.8 Å². The van der Waals surface area contributed by atoms with E-state index >= 15 is 0 Å². The Hall–Kier alpha value is 0.180. The lowest BCUT2D eigenvalue weighted by Crippen LogP contribution is -2.15. The number of alkyl halides is 1. The molecule has 1 saturated carbocycles. The second-order valence-electron chi connectivity index (χ2n) is 2.51. The van der Waals surface area contributed by atoms with Gasteiger partial charge in [0.15, 0.2) is 0 Å². The Labute approximate surface area is 61.2 Å². The molecule has 1 nitrogen and oxygen atoms in total. The quantitative estimate of drug-likeness (QED) is 0.654. The predicted molar refractivity (Wildman–Crippen MR) is 38.5 cm³/mol. The van der Waals surface area contributed by atoms with Gasteiger partial charge < -0.3 is 5.73 Å². The van der Waals surface area contributed by atoms with Crippen LogP contribution in [0, 0.1) is 5.92 Å². The molecule has 0 bridgehead atoms. The van der Waals surface area contributed by atoms with Crippen molar-refractivity contribution in [3.8, 4) is 0 Å². The highest BCUT2D eigenvalue weighted by Crippen LogP contribution is 2.33. The molecule has 1 aliphatic rings. The lowest BCUT2D eigenvalue weighted by molar-refractivity contribution is 0.309. The van der Waals surface area contributed by atoms with Gasteiger partial charge in [0.2, 0.25) is 0 Å². The summed E-state index contributed by atoms with van der Waals surface area (Å²) in [5, 5.41) is 0. The van der Waals surface area contributed by atoms with Crippen molar-refractivity contribution in [1.82, 2.24) is 0 Å². The van der Waals surface area contributed by atoms with Crippen LogP contribution < -0.4 is 5.73 Å². The Morgan fingerprint density at radius 3 is 2.44 bits per heavy atom. The van der Waals surface area contributed by atoms with Crippen molar-refractivity contribution in [2.24, 2.45) is 11.7 Å². The maximum absolute atomic E-state index is 12.3. The summed E-state index contributed by atoms with van der Waals surface area (Å²) in [6, 6.07) is 0. The smallest absolute Gasteiger partial charge is 0.113 e. The van der Waals surface area contributed by atoms with E-state index < -0.39 is 6.17 Å². The Bertz CT molecular complexity index is 75.5. The highest BCUT2D eigenvalue weighted by molar-refractivity contribution is 5.85. The fraction of sp³-hybridized carbons (Fsp3) is 1.00. The van der Waals surface area contributed by atoms with Crippen LogP contribution in [0.4, 0.5) is 4.39 Å². The molecule has 0 saturated heterocycles. The molecular formula is C6H13ClFN. The Morgan fingerprint density at radius 1 is 1.56 bits per heavy atom. The highest BCUT2D eigenvalue weighted by atomic mass is 35.5. The molecule has 0 radical (unpaired) electrons. The van der Waals surface area contributed by atoms with Crippen LogP contribution in [-0.4, -0.2) is 12.7 Å². The van der Waals surface area contributed by atoms with Gasteiger partial charge in [0, 0.05) is 6.54 Å². The van der Waals surface area contributed by atoms with E-state index in [9.17, 15) is 4.39 Å². The number of halogens is 2.